The Labute approximate surface area is 117 Å². The largest absolute Gasteiger partial charge is 0.388 e. The molecule has 0 bridgehead atoms. The van der Waals surface area contributed by atoms with Gasteiger partial charge in [0.2, 0.25) is 0 Å². The molecule has 0 radical (unpaired) electrons. The molecule has 1 unspecified atom stereocenters. The normalized spacial score (nSPS) is 12.4. The van der Waals surface area contributed by atoms with E-state index in [4.69, 9.17) is 0 Å². The molecule has 0 heterocycles. The van der Waals surface area contributed by atoms with Crippen molar-refractivity contribution in [3.63, 3.8) is 0 Å². The summed E-state index contributed by atoms with van der Waals surface area (Å²) < 4.78 is 1.05. The number of benzene rings is 2. The first-order valence-electron chi connectivity index (χ1n) is 6.21. The lowest BCUT2D eigenvalue weighted by atomic mass is 9.96. The Bertz CT molecular complexity index is 522. The van der Waals surface area contributed by atoms with E-state index in [0.717, 1.165) is 22.0 Å². The number of aryl methyl sites for hydroxylation is 1. The molecule has 2 heteroatoms. The Morgan fingerprint density at radius 1 is 1.11 bits per heavy atom. The highest BCUT2D eigenvalue weighted by Crippen LogP contribution is 2.23. The van der Waals surface area contributed by atoms with Crippen LogP contribution >= 0.6 is 15.9 Å². The topological polar surface area (TPSA) is 20.2 Å². The third kappa shape index (κ3) is 3.21. The minimum absolute atomic E-state index is 0.435. The van der Waals surface area contributed by atoms with Crippen LogP contribution in [0.2, 0.25) is 0 Å². The third-order valence-corrected chi connectivity index (χ3v) is 3.61. The van der Waals surface area contributed by atoms with Crippen LogP contribution in [-0.4, -0.2) is 5.11 Å². The maximum Gasteiger partial charge on any atom is 0.0833 e. The molecular formula is C16H17BrO. The Hall–Kier alpha value is -1.12. The lowest BCUT2D eigenvalue weighted by Crippen LogP contribution is -2.05. The lowest BCUT2D eigenvalue weighted by molar-refractivity contribution is 0.177. The van der Waals surface area contributed by atoms with E-state index in [1.165, 1.54) is 5.56 Å². The highest BCUT2D eigenvalue weighted by molar-refractivity contribution is 9.10. The minimum atomic E-state index is -0.435. The van der Waals surface area contributed by atoms with Crippen LogP contribution in [-0.2, 0) is 12.8 Å². The molecule has 94 valence electrons. The van der Waals surface area contributed by atoms with Crippen LogP contribution < -0.4 is 0 Å². The van der Waals surface area contributed by atoms with E-state index in [0.29, 0.717) is 6.42 Å². The zero-order valence-electron chi connectivity index (χ0n) is 10.4. The molecule has 1 nitrogen and oxygen atoms in total. The van der Waals surface area contributed by atoms with Crippen LogP contribution in [0, 0.1) is 0 Å². The smallest absolute Gasteiger partial charge is 0.0833 e. The summed E-state index contributed by atoms with van der Waals surface area (Å²) in [7, 11) is 0. The molecule has 0 saturated carbocycles. The van der Waals surface area contributed by atoms with E-state index in [2.05, 4.69) is 35.0 Å². The highest BCUT2D eigenvalue weighted by atomic mass is 79.9. The molecule has 0 aromatic heterocycles. The molecule has 2 aromatic carbocycles. The number of hydrogen-bond donors (Lipinski definition) is 1. The average molecular weight is 305 g/mol. The number of rotatable bonds is 4. The standard InChI is InChI=1S/C16H17BrO/c1-2-13-7-3-4-9-15(13)16(18)11-12-6-5-8-14(17)10-12/h3-10,16,18H,2,11H2,1H3. The van der Waals surface area contributed by atoms with Gasteiger partial charge in [-0.25, -0.2) is 0 Å². The first-order chi connectivity index (χ1) is 8.70. The minimum Gasteiger partial charge on any atom is -0.388 e. The van der Waals surface area contributed by atoms with Gasteiger partial charge in [-0.1, -0.05) is 59.3 Å². The van der Waals surface area contributed by atoms with E-state index in [1.807, 2.05) is 36.4 Å². The van der Waals surface area contributed by atoms with E-state index in [9.17, 15) is 5.11 Å². The predicted molar refractivity (Wildman–Crippen MR) is 78.6 cm³/mol. The first-order valence-corrected chi connectivity index (χ1v) is 7.00. The van der Waals surface area contributed by atoms with E-state index < -0.39 is 6.10 Å². The molecule has 0 aliphatic carbocycles. The monoisotopic (exact) mass is 304 g/mol. The Morgan fingerprint density at radius 3 is 2.61 bits per heavy atom. The summed E-state index contributed by atoms with van der Waals surface area (Å²) in [4.78, 5) is 0. The SMILES string of the molecule is CCc1ccccc1C(O)Cc1cccc(Br)c1. The number of aliphatic hydroxyl groups is 1. The number of hydrogen-bond acceptors (Lipinski definition) is 1. The van der Waals surface area contributed by atoms with Gasteiger partial charge in [0, 0.05) is 10.9 Å². The maximum atomic E-state index is 10.4. The summed E-state index contributed by atoms with van der Waals surface area (Å²) in [6.07, 6.45) is 1.16. The predicted octanol–water partition coefficient (Wildman–Crippen LogP) is 4.29. The van der Waals surface area contributed by atoms with Crippen molar-refractivity contribution in [3.8, 4) is 0 Å². The molecular weight excluding hydrogens is 288 g/mol. The highest BCUT2D eigenvalue weighted by Gasteiger charge is 2.11. The molecule has 2 aromatic rings. The van der Waals surface area contributed by atoms with E-state index in [-0.39, 0.29) is 0 Å². The van der Waals surface area contributed by atoms with Crippen LogP contribution in [0.15, 0.2) is 53.0 Å². The zero-order chi connectivity index (χ0) is 13.0. The van der Waals surface area contributed by atoms with Gasteiger partial charge in [0.15, 0.2) is 0 Å². The van der Waals surface area contributed by atoms with Crippen LogP contribution in [0.5, 0.6) is 0 Å². The summed E-state index contributed by atoms with van der Waals surface area (Å²) in [5, 5.41) is 10.4. The van der Waals surface area contributed by atoms with Gasteiger partial charge in [-0.15, -0.1) is 0 Å². The van der Waals surface area contributed by atoms with Crippen molar-refractivity contribution < 1.29 is 5.11 Å². The number of halogens is 1. The second-order valence-electron chi connectivity index (χ2n) is 4.40. The van der Waals surface area contributed by atoms with E-state index in [1.54, 1.807) is 0 Å². The van der Waals surface area contributed by atoms with Crippen molar-refractivity contribution >= 4 is 15.9 Å². The lowest BCUT2D eigenvalue weighted by Gasteiger charge is -2.15. The summed E-state index contributed by atoms with van der Waals surface area (Å²) >= 11 is 3.45. The fourth-order valence-corrected chi connectivity index (χ4v) is 2.63. The Morgan fingerprint density at radius 2 is 1.89 bits per heavy atom. The maximum absolute atomic E-state index is 10.4. The molecule has 0 aliphatic heterocycles. The van der Waals surface area contributed by atoms with Crippen LogP contribution in [0.25, 0.3) is 0 Å². The van der Waals surface area contributed by atoms with Crippen molar-refractivity contribution in [1.29, 1.82) is 0 Å². The Kier molecular flexibility index (Phi) is 4.56. The molecule has 0 aliphatic rings. The van der Waals surface area contributed by atoms with Crippen molar-refractivity contribution in [3.05, 3.63) is 69.7 Å². The molecule has 0 fully saturated rings. The average Bonchev–Trinajstić information content (AvgIpc) is 2.38. The molecule has 1 atom stereocenters. The van der Waals surface area contributed by atoms with Crippen LogP contribution in [0.1, 0.15) is 29.7 Å². The van der Waals surface area contributed by atoms with Crippen molar-refractivity contribution in [2.45, 2.75) is 25.9 Å². The summed E-state index contributed by atoms with van der Waals surface area (Å²) in [5.41, 5.74) is 3.41. The second kappa shape index (κ2) is 6.17. The fraction of sp³-hybridized carbons (Fsp3) is 0.250. The van der Waals surface area contributed by atoms with Gasteiger partial charge in [0.05, 0.1) is 6.10 Å². The third-order valence-electron chi connectivity index (χ3n) is 3.11. The summed E-state index contributed by atoms with van der Waals surface area (Å²) in [6, 6.07) is 16.2. The first kappa shape index (κ1) is 13.3. The Balaban J connectivity index is 2.19. The number of aliphatic hydroxyl groups excluding tert-OH is 1. The van der Waals surface area contributed by atoms with Gasteiger partial charge in [-0.2, -0.15) is 0 Å². The fourth-order valence-electron chi connectivity index (χ4n) is 2.18. The summed E-state index contributed by atoms with van der Waals surface area (Å²) in [5.74, 6) is 0. The van der Waals surface area contributed by atoms with E-state index >= 15 is 0 Å². The van der Waals surface area contributed by atoms with Gasteiger partial charge < -0.3 is 5.11 Å². The van der Waals surface area contributed by atoms with Crippen molar-refractivity contribution in [2.75, 3.05) is 0 Å². The molecule has 0 saturated heterocycles. The quantitative estimate of drug-likeness (QED) is 0.893. The molecule has 0 spiro atoms. The zero-order valence-corrected chi connectivity index (χ0v) is 12.0. The second-order valence-corrected chi connectivity index (χ2v) is 5.32. The molecule has 0 amide bonds. The van der Waals surface area contributed by atoms with Gasteiger partial charge in [-0.3, -0.25) is 0 Å². The van der Waals surface area contributed by atoms with Gasteiger partial charge in [0.1, 0.15) is 0 Å². The van der Waals surface area contributed by atoms with Crippen LogP contribution in [0.4, 0.5) is 0 Å². The van der Waals surface area contributed by atoms with Gasteiger partial charge in [0.25, 0.3) is 0 Å². The van der Waals surface area contributed by atoms with Crippen molar-refractivity contribution in [1.82, 2.24) is 0 Å². The molecule has 2 rings (SSSR count). The molecule has 1 N–H and O–H groups in total. The van der Waals surface area contributed by atoms with Gasteiger partial charge in [-0.05, 0) is 35.2 Å². The molecule has 18 heavy (non-hydrogen) atoms. The summed E-state index contributed by atoms with van der Waals surface area (Å²) in [6.45, 7) is 2.12. The van der Waals surface area contributed by atoms with Crippen molar-refractivity contribution in [2.24, 2.45) is 0 Å². The van der Waals surface area contributed by atoms with Gasteiger partial charge >= 0.3 is 0 Å². The van der Waals surface area contributed by atoms with Crippen LogP contribution in [0.3, 0.4) is 0 Å².